The Morgan fingerprint density at radius 1 is 1.13 bits per heavy atom. The molecular weight excluding hydrogens is 427 g/mol. The summed E-state index contributed by atoms with van der Waals surface area (Å²) in [6.07, 6.45) is 1.09. The summed E-state index contributed by atoms with van der Waals surface area (Å²) in [5, 5.41) is 9.67. The number of nitrogens with zero attached hydrogens (tertiary/aromatic N) is 1. The molecule has 0 unspecified atom stereocenters. The van der Waals surface area contributed by atoms with Gasteiger partial charge in [0.05, 0.1) is 10.6 Å². The summed E-state index contributed by atoms with van der Waals surface area (Å²) in [6.45, 7) is 6.33. The summed E-state index contributed by atoms with van der Waals surface area (Å²) in [5.74, 6) is 1.23. The fourth-order valence-corrected chi connectivity index (χ4v) is 2.02. The Bertz CT molecular complexity index is 509. The minimum atomic E-state index is -0.171. The number of hydrogen-bond donors (Lipinski definition) is 3. The fraction of sp³-hybridized carbons (Fsp3) is 0.500. The van der Waals surface area contributed by atoms with Crippen molar-refractivity contribution in [3.05, 3.63) is 34.9 Å². The van der Waals surface area contributed by atoms with Gasteiger partial charge in [0.2, 0.25) is 0 Å². The van der Waals surface area contributed by atoms with Gasteiger partial charge in [0, 0.05) is 26.7 Å². The number of amides is 1. The maximum Gasteiger partial charge on any atom is 0.252 e. The molecular formula is C16H26ClIN4O. The first kappa shape index (κ1) is 22.0. The van der Waals surface area contributed by atoms with Crippen molar-refractivity contribution >= 4 is 47.4 Å². The van der Waals surface area contributed by atoms with Gasteiger partial charge in [-0.3, -0.25) is 9.79 Å². The van der Waals surface area contributed by atoms with E-state index in [1.165, 1.54) is 0 Å². The molecule has 0 saturated carbocycles. The van der Waals surface area contributed by atoms with Crippen molar-refractivity contribution in [2.75, 3.05) is 26.7 Å². The molecule has 0 aliphatic heterocycles. The number of halogens is 2. The Hall–Kier alpha value is -1.02. The van der Waals surface area contributed by atoms with E-state index >= 15 is 0 Å². The number of carbonyl (C=O) groups excluding carboxylic acids is 1. The maximum atomic E-state index is 12.0. The van der Waals surface area contributed by atoms with Crippen LogP contribution in [0.15, 0.2) is 29.3 Å². The van der Waals surface area contributed by atoms with E-state index in [0.717, 1.165) is 18.9 Å². The van der Waals surface area contributed by atoms with E-state index in [2.05, 4.69) is 34.8 Å². The molecule has 0 saturated heterocycles. The molecule has 1 amide bonds. The number of carbonyl (C=O) groups is 1. The zero-order valence-electron chi connectivity index (χ0n) is 13.9. The highest BCUT2D eigenvalue weighted by molar-refractivity contribution is 14.0. The van der Waals surface area contributed by atoms with Gasteiger partial charge in [0.25, 0.3) is 5.91 Å². The Balaban J connectivity index is 0.00000484. The first-order chi connectivity index (χ1) is 10.5. The molecule has 0 aliphatic rings. The van der Waals surface area contributed by atoms with Crippen molar-refractivity contribution in [3.63, 3.8) is 0 Å². The van der Waals surface area contributed by atoms with Crippen molar-refractivity contribution in [1.29, 1.82) is 0 Å². The summed E-state index contributed by atoms with van der Waals surface area (Å²) in [6, 6.07) is 7.00. The third kappa shape index (κ3) is 9.00. The van der Waals surface area contributed by atoms with Crippen molar-refractivity contribution < 1.29 is 4.79 Å². The molecule has 0 fully saturated rings. The van der Waals surface area contributed by atoms with Crippen molar-refractivity contribution in [1.82, 2.24) is 16.0 Å². The van der Waals surface area contributed by atoms with Crippen LogP contribution in [-0.4, -0.2) is 38.5 Å². The van der Waals surface area contributed by atoms with Crippen molar-refractivity contribution in [2.24, 2.45) is 10.9 Å². The Morgan fingerprint density at radius 3 is 2.35 bits per heavy atom. The molecule has 130 valence electrons. The van der Waals surface area contributed by atoms with E-state index in [1.807, 2.05) is 0 Å². The van der Waals surface area contributed by atoms with Crippen LogP contribution in [0, 0.1) is 5.92 Å². The topological polar surface area (TPSA) is 65.5 Å². The summed E-state index contributed by atoms with van der Waals surface area (Å²) in [7, 11) is 1.73. The second-order valence-electron chi connectivity index (χ2n) is 5.34. The third-order valence-electron chi connectivity index (χ3n) is 3.06. The zero-order valence-corrected chi connectivity index (χ0v) is 16.9. The smallest absolute Gasteiger partial charge is 0.252 e. The van der Waals surface area contributed by atoms with E-state index in [9.17, 15) is 4.79 Å². The Morgan fingerprint density at radius 2 is 1.74 bits per heavy atom. The molecule has 1 rings (SSSR count). The maximum absolute atomic E-state index is 12.0. The van der Waals surface area contributed by atoms with Crippen LogP contribution in [0.4, 0.5) is 0 Å². The van der Waals surface area contributed by atoms with E-state index in [0.29, 0.717) is 29.6 Å². The largest absolute Gasteiger partial charge is 0.356 e. The first-order valence-corrected chi connectivity index (χ1v) is 7.89. The average Bonchev–Trinajstić information content (AvgIpc) is 2.49. The third-order valence-corrected chi connectivity index (χ3v) is 3.39. The SMILES string of the molecule is CN=C(NCCNC(=O)c1ccccc1Cl)NCCC(C)C.I. The lowest BCUT2D eigenvalue weighted by Crippen LogP contribution is -2.42. The summed E-state index contributed by atoms with van der Waals surface area (Å²) in [5.41, 5.74) is 0.489. The molecule has 0 heterocycles. The van der Waals surface area contributed by atoms with Gasteiger partial charge in [-0.2, -0.15) is 0 Å². The van der Waals surface area contributed by atoms with Gasteiger partial charge in [-0.25, -0.2) is 0 Å². The minimum absolute atomic E-state index is 0. The van der Waals surface area contributed by atoms with Crippen LogP contribution in [0.3, 0.4) is 0 Å². The van der Waals surface area contributed by atoms with Gasteiger partial charge in [0.15, 0.2) is 5.96 Å². The second-order valence-corrected chi connectivity index (χ2v) is 5.75. The monoisotopic (exact) mass is 452 g/mol. The number of aliphatic imine (C=N–C) groups is 1. The molecule has 1 aromatic rings. The molecule has 7 heteroatoms. The average molecular weight is 453 g/mol. The quantitative estimate of drug-likeness (QED) is 0.258. The van der Waals surface area contributed by atoms with Crippen molar-refractivity contribution in [3.8, 4) is 0 Å². The van der Waals surface area contributed by atoms with Gasteiger partial charge in [-0.05, 0) is 24.5 Å². The summed E-state index contributed by atoms with van der Waals surface area (Å²) in [4.78, 5) is 16.1. The predicted molar refractivity (Wildman–Crippen MR) is 108 cm³/mol. The van der Waals surface area contributed by atoms with Crippen LogP contribution in [0.25, 0.3) is 0 Å². The lowest BCUT2D eigenvalue weighted by molar-refractivity contribution is 0.0954. The number of guanidine groups is 1. The fourth-order valence-electron chi connectivity index (χ4n) is 1.80. The molecule has 5 nitrogen and oxygen atoms in total. The Kier molecular flexibility index (Phi) is 11.9. The molecule has 0 radical (unpaired) electrons. The molecule has 1 aromatic carbocycles. The first-order valence-electron chi connectivity index (χ1n) is 7.51. The molecule has 23 heavy (non-hydrogen) atoms. The lowest BCUT2D eigenvalue weighted by Gasteiger charge is -2.13. The van der Waals surface area contributed by atoms with Crippen LogP contribution in [0.2, 0.25) is 5.02 Å². The van der Waals surface area contributed by atoms with Gasteiger partial charge in [-0.1, -0.05) is 37.6 Å². The van der Waals surface area contributed by atoms with Crippen LogP contribution in [0.5, 0.6) is 0 Å². The molecule has 0 bridgehead atoms. The molecule has 0 aromatic heterocycles. The van der Waals surface area contributed by atoms with Crippen molar-refractivity contribution in [2.45, 2.75) is 20.3 Å². The number of benzene rings is 1. The van der Waals surface area contributed by atoms with Crippen LogP contribution in [-0.2, 0) is 0 Å². The van der Waals surface area contributed by atoms with Crippen LogP contribution < -0.4 is 16.0 Å². The number of hydrogen-bond acceptors (Lipinski definition) is 2. The molecule has 0 aliphatic carbocycles. The summed E-state index contributed by atoms with van der Waals surface area (Å²) >= 11 is 5.98. The van der Waals surface area contributed by atoms with Gasteiger partial charge < -0.3 is 16.0 Å². The zero-order chi connectivity index (χ0) is 16.4. The standard InChI is InChI=1S/C16H25ClN4O.HI/c1-12(2)8-9-20-16(18-3)21-11-10-19-15(22)13-6-4-5-7-14(13)17;/h4-7,12H,8-11H2,1-3H3,(H,19,22)(H2,18,20,21);1H. The predicted octanol–water partition coefficient (Wildman–Crippen LogP) is 2.90. The highest BCUT2D eigenvalue weighted by Gasteiger charge is 2.08. The van der Waals surface area contributed by atoms with E-state index in [4.69, 9.17) is 11.6 Å². The highest BCUT2D eigenvalue weighted by Crippen LogP contribution is 2.14. The van der Waals surface area contributed by atoms with Gasteiger partial charge in [0.1, 0.15) is 0 Å². The van der Waals surface area contributed by atoms with Gasteiger partial charge in [-0.15, -0.1) is 24.0 Å². The highest BCUT2D eigenvalue weighted by atomic mass is 127. The normalized spacial score (nSPS) is 10.9. The number of nitrogens with one attached hydrogen (secondary N) is 3. The van der Waals surface area contributed by atoms with Crippen LogP contribution >= 0.6 is 35.6 Å². The van der Waals surface area contributed by atoms with E-state index in [-0.39, 0.29) is 29.9 Å². The lowest BCUT2D eigenvalue weighted by atomic mass is 10.1. The van der Waals surface area contributed by atoms with E-state index < -0.39 is 0 Å². The molecule has 0 atom stereocenters. The van der Waals surface area contributed by atoms with Gasteiger partial charge >= 0.3 is 0 Å². The molecule has 0 spiro atoms. The second kappa shape index (κ2) is 12.4. The molecule has 3 N–H and O–H groups in total. The van der Waals surface area contributed by atoms with E-state index in [1.54, 1.807) is 31.3 Å². The summed E-state index contributed by atoms with van der Waals surface area (Å²) < 4.78 is 0. The minimum Gasteiger partial charge on any atom is -0.356 e. The van der Waals surface area contributed by atoms with Crippen LogP contribution in [0.1, 0.15) is 30.6 Å². The number of rotatable bonds is 7. The Labute approximate surface area is 160 Å².